The predicted molar refractivity (Wildman–Crippen MR) is 119 cm³/mol. The number of unbranched alkanes of at least 4 members (excludes halogenated alkanes) is 1. The van der Waals surface area contributed by atoms with Crippen LogP contribution >= 0.6 is 0 Å². The zero-order valence-corrected chi connectivity index (χ0v) is 19.1. The molecule has 1 amide bonds. The minimum atomic E-state index is -3.68. The van der Waals surface area contributed by atoms with E-state index in [2.05, 4.69) is 26.4 Å². The van der Waals surface area contributed by atoms with Crippen LogP contribution in [0.4, 0.5) is 5.82 Å². The summed E-state index contributed by atoms with van der Waals surface area (Å²) in [6.45, 7) is 4.53. The third-order valence-corrected chi connectivity index (χ3v) is 6.72. The number of amides is 1. The van der Waals surface area contributed by atoms with Crippen molar-refractivity contribution in [2.24, 2.45) is 5.92 Å². The van der Waals surface area contributed by atoms with E-state index in [9.17, 15) is 23.1 Å². The van der Waals surface area contributed by atoms with Gasteiger partial charge in [0.2, 0.25) is 15.9 Å². The highest BCUT2D eigenvalue weighted by Gasteiger charge is 2.24. The molecule has 0 spiro atoms. The average molecular weight is 455 g/mol. The fraction of sp³-hybridized carbons (Fsp3) is 0.667. The number of sulfonamides is 1. The summed E-state index contributed by atoms with van der Waals surface area (Å²) < 4.78 is 26.1. The van der Waals surface area contributed by atoms with E-state index in [1.54, 1.807) is 13.8 Å². The van der Waals surface area contributed by atoms with Crippen LogP contribution in [0.2, 0.25) is 0 Å². The van der Waals surface area contributed by atoms with Crippen LogP contribution in [0, 0.1) is 5.92 Å². The number of aliphatic carboxylic acids is 1. The second-order valence-corrected chi connectivity index (χ2v) is 10.2. The van der Waals surface area contributed by atoms with E-state index >= 15 is 0 Å². The number of hydrogen-bond donors (Lipinski definition) is 4. The number of fused-ring (bicyclic) bond motifs is 1. The first kappa shape index (κ1) is 25.1. The molecule has 1 aromatic rings. The summed E-state index contributed by atoms with van der Waals surface area (Å²) in [7, 11) is -3.68. The molecule has 1 atom stereocenters. The first-order valence-electron chi connectivity index (χ1n) is 10.9. The Labute approximate surface area is 184 Å². The zero-order chi connectivity index (χ0) is 22.9. The number of anilines is 1. The molecule has 0 saturated heterocycles. The number of hydrogen-bond acceptors (Lipinski definition) is 6. The number of nitrogens with one attached hydrogen (secondary N) is 3. The molecule has 1 aliphatic rings. The number of pyridine rings is 1. The van der Waals surface area contributed by atoms with Crippen molar-refractivity contribution in [3.8, 4) is 0 Å². The van der Waals surface area contributed by atoms with Gasteiger partial charge in [-0.3, -0.25) is 9.59 Å². The Morgan fingerprint density at radius 1 is 1.26 bits per heavy atom. The van der Waals surface area contributed by atoms with Crippen LogP contribution < -0.4 is 15.4 Å². The van der Waals surface area contributed by atoms with Gasteiger partial charge in [-0.25, -0.2) is 18.1 Å². The van der Waals surface area contributed by atoms with Crippen LogP contribution in [0.1, 0.15) is 57.2 Å². The van der Waals surface area contributed by atoms with Crippen molar-refractivity contribution in [3.05, 3.63) is 23.4 Å². The lowest BCUT2D eigenvalue weighted by Crippen LogP contribution is -2.44. The van der Waals surface area contributed by atoms with Gasteiger partial charge in [0.1, 0.15) is 11.9 Å². The lowest BCUT2D eigenvalue weighted by atomic mass is 10.1. The van der Waals surface area contributed by atoms with Crippen molar-refractivity contribution in [2.75, 3.05) is 24.2 Å². The third-order valence-electron chi connectivity index (χ3n) is 4.97. The standard InChI is InChI=1S/C21H34N4O5S/c1-15(2)14-31(29,30)25-18(21(27)28)11-13-22-19(26)8-4-3-7-17-10-9-16-6-5-12-23-20(16)24-17/h9-10,15,18,25H,3-8,11-14H2,1-2H3,(H,22,26)(H,23,24)(H,27,28). The van der Waals surface area contributed by atoms with Crippen LogP contribution in [0.3, 0.4) is 0 Å². The number of nitrogens with zero attached hydrogens (tertiary/aromatic N) is 1. The number of carboxylic acids is 1. The maximum atomic E-state index is 12.0. The summed E-state index contributed by atoms with van der Waals surface area (Å²) in [5.74, 6) is -0.709. The Kier molecular flexibility index (Phi) is 9.70. The number of aromatic nitrogens is 1. The van der Waals surface area contributed by atoms with Gasteiger partial charge < -0.3 is 15.7 Å². The highest BCUT2D eigenvalue weighted by molar-refractivity contribution is 7.89. The zero-order valence-electron chi connectivity index (χ0n) is 18.3. The number of carboxylic acid groups (broad SMARTS) is 1. The maximum Gasteiger partial charge on any atom is 0.321 e. The summed E-state index contributed by atoms with van der Waals surface area (Å²) in [5, 5.41) is 15.2. The SMILES string of the molecule is CC(C)CS(=O)(=O)NC(CCNC(=O)CCCCc1ccc2c(n1)NCCC2)C(=O)O. The van der Waals surface area contributed by atoms with E-state index < -0.39 is 22.0 Å². The lowest BCUT2D eigenvalue weighted by molar-refractivity contribution is -0.139. The fourth-order valence-electron chi connectivity index (χ4n) is 3.48. The Bertz CT molecular complexity index is 857. The maximum absolute atomic E-state index is 12.0. The largest absolute Gasteiger partial charge is 0.480 e. The normalized spacial score (nSPS) is 14.5. The van der Waals surface area contributed by atoms with Gasteiger partial charge in [0.25, 0.3) is 0 Å². The summed E-state index contributed by atoms with van der Waals surface area (Å²) in [6, 6.07) is 2.90. The molecular weight excluding hydrogens is 420 g/mol. The quantitative estimate of drug-likeness (QED) is 0.333. The summed E-state index contributed by atoms with van der Waals surface area (Å²) in [6.07, 6.45) is 4.82. The minimum absolute atomic E-state index is 0.00948. The van der Waals surface area contributed by atoms with Crippen molar-refractivity contribution in [1.29, 1.82) is 0 Å². The molecule has 1 aliphatic heterocycles. The molecule has 0 saturated carbocycles. The van der Waals surface area contributed by atoms with Crippen molar-refractivity contribution < 1.29 is 23.1 Å². The number of carbonyl (C=O) groups excluding carboxylic acids is 1. The highest BCUT2D eigenvalue weighted by atomic mass is 32.2. The van der Waals surface area contributed by atoms with Gasteiger partial charge in [0.05, 0.1) is 5.75 Å². The van der Waals surface area contributed by atoms with Crippen LogP contribution in [0.25, 0.3) is 0 Å². The molecule has 0 aliphatic carbocycles. The van der Waals surface area contributed by atoms with Gasteiger partial charge in [0.15, 0.2) is 0 Å². The predicted octanol–water partition coefficient (Wildman–Crippen LogP) is 1.69. The smallest absolute Gasteiger partial charge is 0.321 e. The monoisotopic (exact) mass is 454 g/mol. The van der Waals surface area contributed by atoms with E-state index in [1.165, 1.54) is 5.56 Å². The lowest BCUT2D eigenvalue weighted by Gasteiger charge is -2.17. The van der Waals surface area contributed by atoms with Crippen molar-refractivity contribution in [1.82, 2.24) is 15.0 Å². The topological polar surface area (TPSA) is 137 Å². The number of aryl methyl sites for hydroxylation is 2. The molecule has 0 radical (unpaired) electrons. The molecule has 4 N–H and O–H groups in total. The van der Waals surface area contributed by atoms with E-state index in [-0.39, 0.29) is 30.5 Å². The van der Waals surface area contributed by atoms with Crippen LogP contribution in [-0.4, -0.2) is 55.3 Å². The molecule has 0 aromatic carbocycles. The molecule has 9 nitrogen and oxygen atoms in total. The molecule has 174 valence electrons. The molecule has 31 heavy (non-hydrogen) atoms. The van der Waals surface area contributed by atoms with Gasteiger partial charge in [-0.05, 0) is 56.1 Å². The minimum Gasteiger partial charge on any atom is -0.480 e. The molecule has 2 rings (SSSR count). The molecule has 10 heteroatoms. The van der Waals surface area contributed by atoms with Crippen molar-refractivity contribution in [2.45, 2.75) is 64.8 Å². The molecule has 2 heterocycles. The first-order valence-corrected chi connectivity index (χ1v) is 12.5. The Hall–Kier alpha value is -2.20. The molecule has 1 unspecified atom stereocenters. The van der Waals surface area contributed by atoms with E-state index in [0.29, 0.717) is 12.8 Å². The summed E-state index contributed by atoms with van der Waals surface area (Å²) >= 11 is 0. The summed E-state index contributed by atoms with van der Waals surface area (Å²) in [5.41, 5.74) is 2.26. The third kappa shape index (κ3) is 9.22. The van der Waals surface area contributed by atoms with Gasteiger partial charge in [-0.2, -0.15) is 0 Å². The average Bonchev–Trinajstić information content (AvgIpc) is 2.69. The van der Waals surface area contributed by atoms with Crippen LogP contribution in [-0.2, 0) is 32.5 Å². The van der Waals surface area contributed by atoms with E-state index in [0.717, 1.165) is 43.7 Å². The molecule has 1 aromatic heterocycles. The van der Waals surface area contributed by atoms with E-state index in [4.69, 9.17) is 0 Å². The molecular formula is C21H34N4O5S. The fourth-order valence-corrected chi connectivity index (χ4v) is 5.11. The van der Waals surface area contributed by atoms with Crippen LogP contribution in [0.15, 0.2) is 12.1 Å². The van der Waals surface area contributed by atoms with Gasteiger partial charge in [0, 0.05) is 25.2 Å². The molecule has 0 bridgehead atoms. The van der Waals surface area contributed by atoms with Crippen molar-refractivity contribution >= 4 is 27.7 Å². The van der Waals surface area contributed by atoms with Gasteiger partial charge in [-0.15, -0.1) is 0 Å². The highest BCUT2D eigenvalue weighted by Crippen LogP contribution is 2.20. The number of rotatable bonds is 13. The Morgan fingerprint density at radius 3 is 2.74 bits per heavy atom. The van der Waals surface area contributed by atoms with Gasteiger partial charge >= 0.3 is 5.97 Å². The van der Waals surface area contributed by atoms with Crippen LogP contribution in [0.5, 0.6) is 0 Å². The molecule has 0 fully saturated rings. The first-order chi connectivity index (χ1) is 14.7. The van der Waals surface area contributed by atoms with E-state index in [1.807, 2.05) is 6.07 Å². The Morgan fingerprint density at radius 2 is 2.03 bits per heavy atom. The Balaban J connectivity index is 1.66. The second-order valence-electron chi connectivity index (χ2n) is 8.37. The number of carbonyl (C=O) groups is 2. The van der Waals surface area contributed by atoms with Gasteiger partial charge in [-0.1, -0.05) is 19.9 Å². The summed E-state index contributed by atoms with van der Waals surface area (Å²) in [4.78, 5) is 28.0. The van der Waals surface area contributed by atoms with Crippen molar-refractivity contribution in [3.63, 3.8) is 0 Å². The second kappa shape index (κ2) is 12.0.